The molecule has 21 heavy (non-hydrogen) atoms. The monoisotopic (exact) mass is 303 g/mol. The molecular formula is C12H7BF5NO2. The molecule has 0 spiro atoms. The van der Waals surface area contributed by atoms with E-state index in [4.69, 9.17) is 0 Å². The summed E-state index contributed by atoms with van der Waals surface area (Å²) in [5.74, 6) is -10.8. The molecule has 0 amide bonds. The van der Waals surface area contributed by atoms with Crippen molar-refractivity contribution in [3.63, 3.8) is 0 Å². The number of halogens is 5. The van der Waals surface area contributed by atoms with Gasteiger partial charge in [-0.1, -0.05) is 6.07 Å². The van der Waals surface area contributed by atoms with E-state index in [1.54, 1.807) is 0 Å². The van der Waals surface area contributed by atoms with Crippen LogP contribution in [0.4, 0.5) is 22.0 Å². The molecule has 2 aromatic rings. The fraction of sp³-hybridized carbons (Fsp3) is 0.0833. The second-order valence-corrected chi connectivity index (χ2v) is 4.27. The number of pyridine rings is 1. The van der Waals surface area contributed by atoms with Crippen LogP contribution in [0.5, 0.6) is 0 Å². The van der Waals surface area contributed by atoms with E-state index < -0.39 is 52.9 Å². The molecule has 9 heteroatoms. The van der Waals surface area contributed by atoms with E-state index in [2.05, 4.69) is 4.98 Å². The van der Waals surface area contributed by atoms with Crippen molar-refractivity contribution in [1.82, 2.24) is 4.98 Å². The van der Waals surface area contributed by atoms with Crippen molar-refractivity contribution in [2.75, 3.05) is 0 Å². The zero-order chi connectivity index (χ0) is 15.9. The zero-order valence-electron chi connectivity index (χ0n) is 10.5. The van der Waals surface area contributed by atoms with Crippen LogP contribution in [0, 0.1) is 36.0 Å². The van der Waals surface area contributed by atoms with Crippen molar-refractivity contribution in [3.05, 3.63) is 46.9 Å². The van der Waals surface area contributed by atoms with Gasteiger partial charge in [0, 0.05) is 11.7 Å². The molecular weight excluding hydrogens is 296 g/mol. The average molecular weight is 303 g/mol. The molecule has 0 saturated carbocycles. The fourth-order valence-electron chi connectivity index (χ4n) is 1.81. The van der Waals surface area contributed by atoms with Crippen LogP contribution in [0.15, 0.2) is 12.3 Å². The van der Waals surface area contributed by atoms with E-state index in [9.17, 15) is 32.0 Å². The molecule has 2 N–H and O–H groups in total. The number of benzene rings is 1. The molecule has 3 nitrogen and oxygen atoms in total. The third kappa shape index (κ3) is 2.49. The molecule has 0 aliphatic rings. The highest BCUT2D eigenvalue weighted by Gasteiger charge is 2.30. The summed E-state index contributed by atoms with van der Waals surface area (Å²) in [5, 5.41) is 18.3. The van der Waals surface area contributed by atoms with Gasteiger partial charge in [-0.2, -0.15) is 0 Å². The Morgan fingerprint density at radius 2 is 1.38 bits per heavy atom. The van der Waals surface area contributed by atoms with Gasteiger partial charge < -0.3 is 10.0 Å². The van der Waals surface area contributed by atoms with Crippen LogP contribution >= 0.6 is 0 Å². The Labute approximate surface area is 115 Å². The topological polar surface area (TPSA) is 53.4 Å². The summed E-state index contributed by atoms with van der Waals surface area (Å²) in [6.07, 6.45) is 1.10. The highest BCUT2D eigenvalue weighted by Crippen LogP contribution is 2.29. The van der Waals surface area contributed by atoms with Gasteiger partial charge in [-0.3, -0.25) is 4.98 Å². The van der Waals surface area contributed by atoms with E-state index in [0.717, 1.165) is 12.3 Å². The Morgan fingerprint density at radius 3 is 1.86 bits per heavy atom. The number of rotatable bonds is 2. The first-order valence-corrected chi connectivity index (χ1v) is 5.60. The van der Waals surface area contributed by atoms with Gasteiger partial charge in [0.05, 0.1) is 11.3 Å². The van der Waals surface area contributed by atoms with Crippen molar-refractivity contribution in [2.24, 2.45) is 0 Å². The van der Waals surface area contributed by atoms with E-state index >= 15 is 0 Å². The molecule has 0 saturated heterocycles. The molecule has 110 valence electrons. The second-order valence-electron chi connectivity index (χ2n) is 4.27. The van der Waals surface area contributed by atoms with Crippen molar-refractivity contribution in [2.45, 2.75) is 6.92 Å². The molecule has 1 aromatic carbocycles. The summed E-state index contributed by atoms with van der Waals surface area (Å²) >= 11 is 0. The molecule has 0 unspecified atom stereocenters. The fourth-order valence-corrected chi connectivity index (χ4v) is 1.81. The summed E-state index contributed by atoms with van der Waals surface area (Å²) < 4.78 is 66.8. The molecule has 0 radical (unpaired) electrons. The van der Waals surface area contributed by atoms with Gasteiger partial charge in [-0.15, -0.1) is 0 Å². The summed E-state index contributed by atoms with van der Waals surface area (Å²) in [4.78, 5) is 3.55. The minimum Gasteiger partial charge on any atom is -0.423 e. The van der Waals surface area contributed by atoms with Gasteiger partial charge >= 0.3 is 7.12 Å². The van der Waals surface area contributed by atoms with Crippen LogP contribution in [0.25, 0.3) is 11.3 Å². The lowest BCUT2D eigenvalue weighted by atomic mass is 9.77. The van der Waals surface area contributed by atoms with Gasteiger partial charge in [0.25, 0.3) is 0 Å². The Morgan fingerprint density at radius 1 is 0.905 bits per heavy atom. The van der Waals surface area contributed by atoms with Gasteiger partial charge in [0.15, 0.2) is 23.3 Å². The Balaban J connectivity index is 2.86. The summed E-state index contributed by atoms with van der Waals surface area (Å²) in [6, 6.07) is 1.12. The zero-order valence-corrected chi connectivity index (χ0v) is 10.5. The minimum absolute atomic E-state index is 0.408. The highest BCUT2D eigenvalue weighted by molar-refractivity contribution is 6.60. The van der Waals surface area contributed by atoms with Gasteiger partial charge in [0.1, 0.15) is 0 Å². The van der Waals surface area contributed by atoms with E-state index in [-0.39, 0.29) is 0 Å². The maximum absolute atomic E-state index is 13.7. The number of nitrogens with zero attached hydrogens (tertiary/aromatic N) is 1. The molecule has 0 aliphatic heterocycles. The van der Waals surface area contributed by atoms with E-state index in [0.29, 0.717) is 5.56 Å². The lowest BCUT2D eigenvalue weighted by Crippen LogP contribution is -2.33. The minimum atomic E-state index is -2.30. The molecule has 0 bridgehead atoms. The molecule has 2 rings (SSSR count). The molecule has 0 fully saturated rings. The normalized spacial score (nSPS) is 10.9. The van der Waals surface area contributed by atoms with Gasteiger partial charge in [-0.25, -0.2) is 22.0 Å². The van der Waals surface area contributed by atoms with Crippen molar-refractivity contribution < 1.29 is 32.0 Å². The predicted molar refractivity (Wildman–Crippen MR) is 64.0 cm³/mol. The highest BCUT2D eigenvalue weighted by atomic mass is 19.2. The summed E-state index contributed by atoms with van der Waals surface area (Å²) in [6.45, 7) is 1.50. The van der Waals surface area contributed by atoms with Crippen LogP contribution in [0.3, 0.4) is 0 Å². The van der Waals surface area contributed by atoms with Crippen LogP contribution in [0.2, 0.25) is 0 Å². The summed E-state index contributed by atoms with van der Waals surface area (Å²) in [7, 11) is -2.19. The van der Waals surface area contributed by atoms with Crippen molar-refractivity contribution in [1.29, 1.82) is 0 Å². The number of hydrogen-bond acceptors (Lipinski definition) is 3. The summed E-state index contributed by atoms with van der Waals surface area (Å²) in [5.41, 5.74) is -2.11. The lowest BCUT2D eigenvalue weighted by molar-refractivity contribution is 0.381. The third-order valence-electron chi connectivity index (χ3n) is 2.78. The first-order chi connectivity index (χ1) is 9.75. The Hall–Kier alpha value is -2.00. The molecule has 0 aliphatic carbocycles. The van der Waals surface area contributed by atoms with E-state index in [1.165, 1.54) is 6.92 Å². The van der Waals surface area contributed by atoms with Gasteiger partial charge in [-0.05, 0) is 12.5 Å². The van der Waals surface area contributed by atoms with Crippen LogP contribution in [0.1, 0.15) is 5.56 Å². The van der Waals surface area contributed by atoms with Crippen molar-refractivity contribution in [3.8, 4) is 11.3 Å². The standard InChI is InChI=1S/C12H7BF5NO2/c1-4-2-5(13(20)21)12(19-3-4)6-7(14)9(16)11(18)10(17)8(6)15/h2-3,20-21H,1H3. The SMILES string of the molecule is Cc1cnc(-c2c(F)c(F)c(F)c(F)c2F)c(B(O)O)c1. The lowest BCUT2D eigenvalue weighted by Gasteiger charge is -2.12. The quantitative estimate of drug-likeness (QED) is 0.382. The number of hydrogen-bond donors (Lipinski definition) is 2. The molecule has 1 heterocycles. The van der Waals surface area contributed by atoms with Crippen LogP contribution in [-0.4, -0.2) is 22.2 Å². The molecule has 1 aromatic heterocycles. The Kier molecular flexibility index (Phi) is 3.97. The predicted octanol–water partition coefficient (Wildman–Crippen LogP) is 1.43. The number of aromatic nitrogens is 1. The Bertz CT molecular complexity index is 694. The van der Waals surface area contributed by atoms with Crippen molar-refractivity contribution >= 4 is 12.6 Å². The third-order valence-corrected chi connectivity index (χ3v) is 2.78. The maximum Gasteiger partial charge on any atom is 0.490 e. The molecule has 0 atom stereocenters. The van der Waals surface area contributed by atoms with E-state index in [1.807, 2.05) is 0 Å². The smallest absolute Gasteiger partial charge is 0.423 e. The number of aryl methyl sites for hydroxylation is 1. The second kappa shape index (κ2) is 5.42. The first-order valence-electron chi connectivity index (χ1n) is 5.60. The average Bonchev–Trinajstić information content (AvgIpc) is 2.44. The maximum atomic E-state index is 13.7. The first kappa shape index (κ1) is 15.4. The van der Waals surface area contributed by atoms with Gasteiger partial charge in [0.2, 0.25) is 5.82 Å². The van der Waals surface area contributed by atoms with Crippen LogP contribution in [-0.2, 0) is 0 Å². The largest absolute Gasteiger partial charge is 0.490 e. The van der Waals surface area contributed by atoms with Crippen LogP contribution < -0.4 is 5.46 Å².